The van der Waals surface area contributed by atoms with Gasteiger partial charge < -0.3 is 5.11 Å². The molecule has 0 aliphatic carbocycles. The number of carboxylic acid groups (broad SMARTS) is 1. The van der Waals surface area contributed by atoms with E-state index in [-0.39, 0.29) is 17.2 Å². The van der Waals surface area contributed by atoms with E-state index in [1.165, 1.54) is 12.1 Å². The van der Waals surface area contributed by atoms with E-state index in [4.69, 9.17) is 16.7 Å². The van der Waals surface area contributed by atoms with Crippen LogP contribution in [0, 0.1) is 5.82 Å². The van der Waals surface area contributed by atoms with Crippen LogP contribution >= 0.6 is 11.6 Å². The predicted octanol–water partition coefficient (Wildman–Crippen LogP) is 3.41. The summed E-state index contributed by atoms with van der Waals surface area (Å²) >= 11 is 5.59. The molecule has 3 nitrogen and oxygen atoms in total. The van der Waals surface area contributed by atoms with Crippen LogP contribution in [0.5, 0.6) is 0 Å². The highest BCUT2D eigenvalue weighted by Crippen LogP contribution is 2.19. The lowest BCUT2D eigenvalue weighted by molar-refractivity contribution is -0.136. The topological polar surface area (TPSA) is 54.4 Å². The lowest BCUT2D eigenvalue weighted by atomic mass is 10.2. The maximum Gasteiger partial charge on any atom is 0.307 e. The largest absolute Gasteiger partial charge is 0.481 e. The quantitative estimate of drug-likeness (QED) is 0.916. The first kappa shape index (κ1) is 15.7. The highest BCUT2D eigenvalue weighted by atomic mass is 35.5. The Morgan fingerprint density at radius 1 is 1.14 bits per heavy atom. The van der Waals surface area contributed by atoms with Crippen molar-refractivity contribution in [2.45, 2.75) is 17.1 Å². The number of hydrogen-bond acceptors (Lipinski definition) is 2. The zero-order valence-electron chi connectivity index (χ0n) is 10.9. The van der Waals surface area contributed by atoms with Gasteiger partial charge in [-0.1, -0.05) is 29.8 Å². The predicted molar refractivity (Wildman–Crippen MR) is 79.3 cm³/mol. The molecule has 110 valence electrons. The van der Waals surface area contributed by atoms with Gasteiger partial charge in [-0.05, 0) is 35.4 Å². The average Bonchev–Trinajstić information content (AvgIpc) is 2.43. The number of benzene rings is 2. The molecular formula is C15H12ClFO3S. The Bertz CT molecular complexity index is 686. The van der Waals surface area contributed by atoms with E-state index in [1.54, 1.807) is 30.3 Å². The van der Waals surface area contributed by atoms with Crippen molar-refractivity contribution in [1.82, 2.24) is 0 Å². The van der Waals surface area contributed by atoms with Crippen molar-refractivity contribution in [2.24, 2.45) is 0 Å². The van der Waals surface area contributed by atoms with Crippen LogP contribution in [0.25, 0.3) is 0 Å². The van der Waals surface area contributed by atoms with Crippen molar-refractivity contribution in [1.29, 1.82) is 0 Å². The molecule has 0 heterocycles. The van der Waals surface area contributed by atoms with Crippen LogP contribution in [0.1, 0.15) is 11.1 Å². The van der Waals surface area contributed by atoms with E-state index in [9.17, 15) is 13.4 Å². The van der Waals surface area contributed by atoms with Gasteiger partial charge in [-0.2, -0.15) is 0 Å². The first-order chi connectivity index (χ1) is 9.95. The molecule has 0 aliphatic rings. The van der Waals surface area contributed by atoms with Crippen molar-refractivity contribution >= 4 is 28.4 Å². The maximum absolute atomic E-state index is 13.3. The van der Waals surface area contributed by atoms with Gasteiger partial charge in [0.2, 0.25) is 0 Å². The zero-order valence-corrected chi connectivity index (χ0v) is 12.5. The maximum atomic E-state index is 13.3. The molecule has 0 saturated heterocycles. The van der Waals surface area contributed by atoms with Gasteiger partial charge in [0, 0.05) is 4.90 Å². The number of carboxylic acids is 1. The second-order valence-corrected chi connectivity index (χ2v) is 6.31. The van der Waals surface area contributed by atoms with Gasteiger partial charge in [0.15, 0.2) is 0 Å². The summed E-state index contributed by atoms with van der Waals surface area (Å²) in [6.07, 6.45) is -0.0741. The Morgan fingerprint density at radius 3 is 2.33 bits per heavy atom. The van der Waals surface area contributed by atoms with Gasteiger partial charge in [0.05, 0.1) is 28.0 Å². The zero-order chi connectivity index (χ0) is 15.4. The van der Waals surface area contributed by atoms with Gasteiger partial charge in [-0.3, -0.25) is 9.00 Å². The van der Waals surface area contributed by atoms with Crippen molar-refractivity contribution in [2.75, 3.05) is 0 Å². The van der Waals surface area contributed by atoms with Crippen LogP contribution < -0.4 is 0 Å². The molecule has 0 aliphatic heterocycles. The fourth-order valence-corrected chi connectivity index (χ4v) is 3.00. The minimum atomic E-state index is -1.33. The number of aliphatic carboxylic acids is 1. The smallest absolute Gasteiger partial charge is 0.307 e. The first-order valence-electron chi connectivity index (χ1n) is 6.09. The fraction of sp³-hybridized carbons (Fsp3) is 0.133. The van der Waals surface area contributed by atoms with Gasteiger partial charge in [-0.15, -0.1) is 0 Å². The van der Waals surface area contributed by atoms with E-state index < -0.39 is 22.6 Å². The molecule has 0 aromatic heterocycles. The first-order valence-corrected chi connectivity index (χ1v) is 7.78. The number of rotatable bonds is 5. The summed E-state index contributed by atoms with van der Waals surface area (Å²) in [6, 6.07) is 10.8. The third-order valence-corrected chi connectivity index (χ3v) is 4.52. The van der Waals surface area contributed by atoms with E-state index in [2.05, 4.69) is 0 Å². The summed E-state index contributed by atoms with van der Waals surface area (Å²) < 4.78 is 25.5. The van der Waals surface area contributed by atoms with Crippen LogP contribution in [0.4, 0.5) is 4.39 Å². The molecule has 1 atom stereocenters. The summed E-state index contributed by atoms with van der Waals surface area (Å²) in [5.74, 6) is -1.28. The van der Waals surface area contributed by atoms with Crippen molar-refractivity contribution in [3.63, 3.8) is 0 Å². The summed E-state index contributed by atoms with van der Waals surface area (Å²) in [6.45, 7) is 0. The van der Waals surface area contributed by atoms with Crippen LogP contribution in [-0.2, 0) is 27.8 Å². The Labute approximate surface area is 128 Å². The number of hydrogen-bond donors (Lipinski definition) is 1. The fourth-order valence-electron chi connectivity index (χ4n) is 1.80. The second kappa shape index (κ2) is 6.83. The van der Waals surface area contributed by atoms with Crippen LogP contribution in [0.2, 0.25) is 5.02 Å². The SMILES string of the molecule is O=C(O)Cc1ccc(S(=O)Cc2ccc(Cl)c(F)c2)cc1. The molecule has 2 aromatic rings. The highest BCUT2D eigenvalue weighted by Gasteiger charge is 2.08. The number of halogens is 2. The molecule has 0 spiro atoms. The highest BCUT2D eigenvalue weighted by molar-refractivity contribution is 7.84. The second-order valence-electron chi connectivity index (χ2n) is 4.45. The molecule has 0 saturated carbocycles. The summed E-state index contributed by atoms with van der Waals surface area (Å²) in [4.78, 5) is 11.2. The van der Waals surface area contributed by atoms with Gasteiger partial charge in [-0.25, -0.2) is 4.39 Å². The molecule has 0 amide bonds. The molecule has 6 heteroatoms. The third-order valence-electron chi connectivity index (χ3n) is 2.82. The average molecular weight is 327 g/mol. The lowest BCUT2D eigenvalue weighted by Gasteiger charge is -2.05. The van der Waals surface area contributed by atoms with Crippen LogP contribution in [0.3, 0.4) is 0 Å². The Kier molecular flexibility index (Phi) is 5.09. The lowest BCUT2D eigenvalue weighted by Crippen LogP contribution is -2.01. The minimum Gasteiger partial charge on any atom is -0.481 e. The Balaban J connectivity index is 2.09. The van der Waals surface area contributed by atoms with E-state index >= 15 is 0 Å². The molecule has 1 unspecified atom stereocenters. The standard InChI is InChI=1S/C15H12ClFO3S/c16-13-6-3-11(7-14(13)17)9-21(20)12-4-1-10(2-5-12)8-15(18)19/h1-7H,8-9H2,(H,18,19). The van der Waals surface area contributed by atoms with E-state index in [1.807, 2.05) is 0 Å². The summed E-state index contributed by atoms with van der Waals surface area (Å²) in [5.41, 5.74) is 1.23. The van der Waals surface area contributed by atoms with Gasteiger partial charge in [0.1, 0.15) is 5.82 Å². The molecule has 0 radical (unpaired) electrons. The molecule has 0 fully saturated rings. The molecule has 21 heavy (non-hydrogen) atoms. The normalized spacial score (nSPS) is 12.1. The number of carbonyl (C=O) groups is 1. The molecular weight excluding hydrogens is 315 g/mol. The van der Waals surface area contributed by atoms with E-state index in [0.717, 1.165) is 0 Å². The molecule has 2 rings (SSSR count). The van der Waals surface area contributed by atoms with Crippen LogP contribution in [-0.4, -0.2) is 15.3 Å². The van der Waals surface area contributed by atoms with Crippen LogP contribution in [0.15, 0.2) is 47.4 Å². The minimum absolute atomic E-state index is 0.0301. The molecule has 0 bridgehead atoms. The van der Waals surface area contributed by atoms with Crippen molar-refractivity contribution < 1.29 is 18.5 Å². The van der Waals surface area contributed by atoms with Crippen molar-refractivity contribution in [3.8, 4) is 0 Å². The van der Waals surface area contributed by atoms with Gasteiger partial charge >= 0.3 is 5.97 Å². The Morgan fingerprint density at radius 2 is 1.76 bits per heavy atom. The molecule has 1 N–H and O–H groups in total. The van der Waals surface area contributed by atoms with E-state index in [0.29, 0.717) is 16.0 Å². The Hall–Kier alpha value is -1.72. The van der Waals surface area contributed by atoms with Crippen molar-refractivity contribution in [3.05, 3.63) is 64.4 Å². The molecule has 2 aromatic carbocycles. The third kappa shape index (κ3) is 4.37. The van der Waals surface area contributed by atoms with Gasteiger partial charge in [0.25, 0.3) is 0 Å². The summed E-state index contributed by atoms with van der Waals surface area (Å²) in [5, 5.41) is 8.71. The summed E-state index contributed by atoms with van der Waals surface area (Å²) in [7, 11) is -1.33. The monoisotopic (exact) mass is 326 g/mol.